The highest BCUT2D eigenvalue weighted by molar-refractivity contribution is 5.27. The van der Waals surface area contributed by atoms with Crippen molar-refractivity contribution in [3.8, 4) is 0 Å². The van der Waals surface area contributed by atoms with Crippen molar-refractivity contribution >= 4 is 0 Å². The highest BCUT2D eigenvalue weighted by Gasteiger charge is 2.12. The van der Waals surface area contributed by atoms with Gasteiger partial charge in [-0.05, 0) is 23.5 Å². The standard InChI is InChI=1S/C17H25N3/c1-13-15(12-20(5)19-13)11-18-10-14-6-8-16(9-7-14)17(2,3)4/h6-9,12,18H,10-11H2,1-5H3. The molecule has 0 saturated heterocycles. The molecule has 0 bridgehead atoms. The van der Waals surface area contributed by atoms with Crippen molar-refractivity contribution in [3.05, 3.63) is 52.8 Å². The SMILES string of the molecule is Cc1nn(C)cc1CNCc1ccc(C(C)(C)C)cc1. The molecule has 0 aliphatic carbocycles. The number of rotatable bonds is 4. The van der Waals surface area contributed by atoms with Gasteiger partial charge in [0, 0.05) is 31.9 Å². The number of nitrogens with zero attached hydrogens (tertiary/aromatic N) is 2. The van der Waals surface area contributed by atoms with Crippen molar-refractivity contribution in [2.75, 3.05) is 0 Å². The zero-order chi connectivity index (χ0) is 14.8. The Balaban J connectivity index is 1.90. The molecule has 0 unspecified atom stereocenters. The molecule has 1 N–H and O–H groups in total. The van der Waals surface area contributed by atoms with Gasteiger partial charge in [0.15, 0.2) is 0 Å². The van der Waals surface area contributed by atoms with E-state index in [-0.39, 0.29) is 5.41 Å². The second kappa shape index (κ2) is 5.80. The van der Waals surface area contributed by atoms with Crippen LogP contribution in [-0.4, -0.2) is 9.78 Å². The van der Waals surface area contributed by atoms with Crippen molar-refractivity contribution in [1.82, 2.24) is 15.1 Å². The van der Waals surface area contributed by atoms with Crippen LogP contribution in [-0.2, 0) is 25.6 Å². The second-order valence-corrected chi connectivity index (χ2v) is 6.46. The van der Waals surface area contributed by atoms with E-state index in [1.165, 1.54) is 16.7 Å². The Morgan fingerprint density at radius 3 is 2.25 bits per heavy atom. The molecule has 0 aliphatic heterocycles. The van der Waals surface area contributed by atoms with E-state index >= 15 is 0 Å². The molecule has 20 heavy (non-hydrogen) atoms. The Hall–Kier alpha value is -1.61. The number of benzene rings is 1. The van der Waals surface area contributed by atoms with E-state index in [1.807, 2.05) is 11.7 Å². The Bertz CT molecular complexity index is 559. The van der Waals surface area contributed by atoms with Gasteiger partial charge >= 0.3 is 0 Å². The quantitative estimate of drug-likeness (QED) is 0.924. The summed E-state index contributed by atoms with van der Waals surface area (Å²) in [5, 5.41) is 7.83. The number of hydrogen-bond donors (Lipinski definition) is 1. The Morgan fingerprint density at radius 1 is 1.10 bits per heavy atom. The smallest absolute Gasteiger partial charge is 0.0638 e. The molecule has 0 amide bonds. The summed E-state index contributed by atoms with van der Waals surface area (Å²) in [5.41, 5.74) is 5.28. The minimum Gasteiger partial charge on any atom is -0.308 e. The van der Waals surface area contributed by atoms with E-state index in [9.17, 15) is 0 Å². The molecular weight excluding hydrogens is 246 g/mol. The molecule has 2 rings (SSSR count). The van der Waals surface area contributed by atoms with Crippen LogP contribution in [0.2, 0.25) is 0 Å². The fourth-order valence-electron chi connectivity index (χ4n) is 2.29. The van der Waals surface area contributed by atoms with Crippen LogP contribution < -0.4 is 5.32 Å². The van der Waals surface area contributed by atoms with Gasteiger partial charge in [-0.2, -0.15) is 5.10 Å². The average molecular weight is 271 g/mol. The number of nitrogens with one attached hydrogen (secondary N) is 1. The monoisotopic (exact) mass is 271 g/mol. The van der Waals surface area contributed by atoms with E-state index in [2.05, 4.69) is 68.6 Å². The van der Waals surface area contributed by atoms with Crippen LogP contribution >= 0.6 is 0 Å². The summed E-state index contributed by atoms with van der Waals surface area (Å²) in [6.07, 6.45) is 2.07. The first kappa shape index (κ1) is 14.8. The molecule has 2 aromatic rings. The minimum absolute atomic E-state index is 0.221. The van der Waals surface area contributed by atoms with Crippen molar-refractivity contribution in [1.29, 1.82) is 0 Å². The molecular formula is C17H25N3. The Labute approximate surface area is 122 Å². The first-order valence-electron chi connectivity index (χ1n) is 7.15. The molecule has 108 valence electrons. The van der Waals surface area contributed by atoms with Crippen LogP contribution in [0.25, 0.3) is 0 Å². The van der Waals surface area contributed by atoms with Crippen molar-refractivity contribution in [2.45, 2.75) is 46.2 Å². The Morgan fingerprint density at radius 2 is 1.75 bits per heavy atom. The van der Waals surface area contributed by atoms with Crippen LogP contribution in [0.4, 0.5) is 0 Å². The summed E-state index contributed by atoms with van der Waals surface area (Å²) in [6, 6.07) is 8.88. The van der Waals surface area contributed by atoms with E-state index in [1.54, 1.807) is 0 Å². The normalized spacial score (nSPS) is 11.8. The maximum absolute atomic E-state index is 4.35. The van der Waals surface area contributed by atoms with Gasteiger partial charge in [-0.25, -0.2) is 0 Å². The molecule has 0 spiro atoms. The van der Waals surface area contributed by atoms with E-state index in [0.717, 1.165) is 18.8 Å². The van der Waals surface area contributed by atoms with Crippen molar-refractivity contribution < 1.29 is 0 Å². The fraction of sp³-hybridized carbons (Fsp3) is 0.471. The van der Waals surface area contributed by atoms with Gasteiger partial charge in [0.2, 0.25) is 0 Å². The van der Waals surface area contributed by atoms with Gasteiger partial charge in [-0.1, -0.05) is 45.0 Å². The number of aryl methyl sites for hydroxylation is 2. The fourth-order valence-corrected chi connectivity index (χ4v) is 2.29. The molecule has 1 aromatic carbocycles. The lowest BCUT2D eigenvalue weighted by Crippen LogP contribution is -2.14. The second-order valence-electron chi connectivity index (χ2n) is 6.46. The molecule has 0 saturated carbocycles. The van der Waals surface area contributed by atoms with Crippen LogP contribution in [0.3, 0.4) is 0 Å². The largest absolute Gasteiger partial charge is 0.308 e. The summed E-state index contributed by atoms with van der Waals surface area (Å²) >= 11 is 0. The molecule has 0 aliphatic rings. The molecule has 1 heterocycles. The lowest BCUT2D eigenvalue weighted by atomic mass is 9.87. The lowest BCUT2D eigenvalue weighted by molar-refractivity contribution is 0.589. The highest BCUT2D eigenvalue weighted by atomic mass is 15.2. The topological polar surface area (TPSA) is 29.9 Å². The van der Waals surface area contributed by atoms with E-state index < -0.39 is 0 Å². The maximum Gasteiger partial charge on any atom is 0.0638 e. The average Bonchev–Trinajstić information content (AvgIpc) is 2.67. The third kappa shape index (κ3) is 3.70. The van der Waals surface area contributed by atoms with Crippen LogP contribution in [0.1, 0.15) is 43.2 Å². The van der Waals surface area contributed by atoms with Gasteiger partial charge in [0.05, 0.1) is 5.69 Å². The number of hydrogen-bond acceptors (Lipinski definition) is 2. The summed E-state index contributed by atoms with van der Waals surface area (Å²) in [5.74, 6) is 0. The maximum atomic E-state index is 4.35. The summed E-state index contributed by atoms with van der Waals surface area (Å²) in [4.78, 5) is 0. The lowest BCUT2D eigenvalue weighted by Gasteiger charge is -2.19. The molecule has 1 aromatic heterocycles. The third-order valence-electron chi connectivity index (χ3n) is 3.58. The summed E-state index contributed by atoms with van der Waals surface area (Å²) in [6.45, 7) is 10.5. The molecule has 0 fully saturated rings. The zero-order valence-corrected chi connectivity index (χ0v) is 13.2. The molecule has 3 nitrogen and oxygen atoms in total. The van der Waals surface area contributed by atoms with Crippen LogP contribution in [0, 0.1) is 6.92 Å². The van der Waals surface area contributed by atoms with Crippen molar-refractivity contribution in [2.24, 2.45) is 7.05 Å². The van der Waals surface area contributed by atoms with Crippen molar-refractivity contribution in [3.63, 3.8) is 0 Å². The van der Waals surface area contributed by atoms with E-state index in [4.69, 9.17) is 0 Å². The molecule has 0 atom stereocenters. The first-order valence-corrected chi connectivity index (χ1v) is 7.15. The first-order chi connectivity index (χ1) is 9.36. The van der Waals surface area contributed by atoms with Crippen LogP contribution in [0.5, 0.6) is 0 Å². The highest BCUT2D eigenvalue weighted by Crippen LogP contribution is 2.22. The van der Waals surface area contributed by atoms with Crippen LogP contribution in [0.15, 0.2) is 30.5 Å². The zero-order valence-electron chi connectivity index (χ0n) is 13.2. The van der Waals surface area contributed by atoms with Gasteiger partial charge in [-0.3, -0.25) is 4.68 Å². The third-order valence-corrected chi connectivity index (χ3v) is 3.58. The Kier molecular flexibility index (Phi) is 4.29. The van der Waals surface area contributed by atoms with Gasteiger partial charge in [0.25, 0.3) is 0 Å². The minimum atomic E-state index is 0.221. The van der Waals surface area contributed by atoms with E-state index in [0.29, 0.717) is 0 Å². The predicted octanol–water partition coefficient (Wildman–Crippen LogP) is 3.32. The van der Waals surface area contributed by atoms with Gasteiger partial charge < -0.3 is 5.32 Å². The summed E-state index contributed by atoms with van der Waals surface area (Å²) in [7, 11) is 1.96. The summed E-state index contributed by atoms with van der Waals surface area (Å²) < 4.78 is 1.87. The number of aromatic nitrogens is 2. The van der Waals surface area contributed by atoms with Gasteiger partial charge in [0.1, 0.15) is 0 Å². The predicted molar refractivity (Wildman–Crippen MR) is 83.6 cm³/mol. The molecule has 0 radical (unpaired) electrons. The van der Waals surface area contributed by atoms with Gasteiger partial charge in [-0.15, -0.1) is 0 Å². The molecule has 3 heteroatoms.